The van der Waals surface area contributed by atoms with E-state index in [0.29, 0.717) is 31.5 Å². The topological polar surface area (TPSA) is 128 Å². The zero-order chi connectivity index (χ0) is 26.4. The summed E-state index contributed by atoms with van der Waals surface area (Å²) in [6, 6.07) is 13.1. The summed E-state index contributed by atoms with van der Waals surface area (Å²) < 4.78 is 0. The van der Waals surface area contributed by atoms with Crippen LogP contribution in [0.25, 0.3) is 0 Å². The van der Waals surface area contributed by atoms with Crippen LogP contribution in [0.4, 0.5) is 5.69 Å². The molecule has 2 aromatic carbocycles. The quantitative estimate of drug-likeness (QED) is 0.435. The van der Waals surface area contributed by atoms with Crippen LogP contribution < -0.4 is 16.0 Å². The van der Waals surface area contributed by atoms with Crippen molar-refractivity contribution in [2.24, 2.45) is 5.92 Å². The number of nitrogens with zero attached hydrogens (tertiary/aromatic N) is 1. The summed E-state index contributed by atoms with van der Waals surface area (Å²) in [4.78, 5) is 53.1. The average molecular weight is 507 g/mol. The molecular weight excluding hydrogens is 472 g/mol. The van der Waals surface area contributed by atoms with Crippen molar-refractivity contribution in [1.82, 2.24) is 15.5 Å². The number of amides is 3. The minimum Gasteiger partial charge on any atom is -0.481 e. The Balaban J connectivity index is 1.54. The Morgan fingerprint density at radius 2 is 1.70 bits per heavy atom. The molecule has 196 valence electrons. The number of rotatable bonds is 8. The number of carbonyl (C=O) groups excluding carboxylic acids is 3. The average Bonchev–Trinajstić information content (AvgIpc) is 2.91. The third-order valence-corrected chi connectivity index (χ3v) is 7.12. The molecule has 2 atom stereocenters. The monoisotopic (exact) mass is 506 g/mol. The molecule has 0 aromatic heterocycles. The minimum atomic E-state index is -1.06. The van der Waals surface area contributed by atoms with Gasteiger partial charge in [-0.3, -0.25) is 19.2 Å². The second-order valence-electron chi connectivity index (χ2n) is 9.83. The Labute approximate surface area is 216 Å². The molecule has 4 N–H and O–H groups in total. The first-order valence-electron chi connectivity index (χ1n) is 12.8. The number of hydrogen-bond acceptors (Lipinski definition) is 5. The third kappa shape index (κ3) is 6.74. The normalized spacial score (nSPS) is 18.4. The van der Waals surface area contributed by atoms with E-state index in [1.54, 1.807) is 17.0 Å². The zero-order valence-corrected chi connectivity index (χ0v) is 21.0. The highest BCUT2D eigenvalue weighted by molar-refractivity contribution is 5.99. The van der Waals surface area contributed by atoms with Crippen LogP contribution in [0.1, 0.15) is 42.4 Å². The number of aryl methyl sites for hydroxylation is 1. The van der Waals surface area contributed by atoms with Crippen LogP contribution in [0.2, 0.25) is 0 Å². The van der Waals surface area contributed by atoms with E-state index in [4.69, 9.17) is 0 Å². The summed E-state index contributed by atoms with van der Waals surface area (Å²) in [7, 11) is 0. The molecule has 9 nitrogen and oxygen atoms in total. The zero-order valence-electron chi connectivity index (χ0n) is 21.0. The molecule has 0 spiro atoms. The molecular formula is C28H34N4O5. The van der Waals surface area contributed by atoms with Crippen molar-refractivity contribution in [3.05, 3.63) is 65.2 Å². The van der Waals surface area contributed by atoms with Crippen LogP contribution in [0.5, 0.6) is 0 Å². The first kappa shape index (κ1) is 26.3. The number of carbonyl (C=O) groups is 4. The molecule has 37 heavy (non-hydrogen) atoms. The molecule has 2 aliphatic heterocycles. The Morgan fingerprint density at radius 1 is 1.03 bits per heavy atom. The number of fused-ring (bicyclic) bond motifs is 1. The lowest BCUT2D eigenvalue weighted by Gasteiger charge is -2.39. The number of carboxylic acid groups (broad SMARTS) is 1. The van der Waals surface area contributed by atoms with E-state index in [-0.39, 0.29) is 24.7 Å². The number of anilines is 1. The van der Waals surface area contributed by atoms with Crippen LogP contribution >= 0.6 is 0 Å². The van der Waals surface area contributed by atoms with Crippen molar-refractivity contribution in [3.8, 4) is 0 Å². The first-order chi connectivity index (χ1) is 17.8. The van der Waals surface area contributed by atoms with E-state index in [1.165, 1.54) is 0 Å². The minimum absolute atomic E-state index is 0.0534. The van der Waals surface area contributed by atoms with Crippen LogP contribution in [0, 0.1) is 12.8 Å². The van der Waals surface area contributed by atoms with E-state index in [9.17, 15) is 24.3 Å². The molecule has 9 heteroatoms. The highest BCUT2D eigenvalue weighted by atomic mass is 16.4. The van der Waals surface area contributed by atoms with Crippen molar-refractivity contribution in [2.75, 3.05) is 18.4 Å². The van der Waals surface area contributed by atoms with Gasteiger partial charge >= 0.3 is 5.97 Å². The van der Waals surface area contributed by atoms with E-state index < -0.39 is 29.9 Å². The fourth-order valence-electron chi connectivity index (χ4n) is 4.96. The molecule has 2 aliphatic rings. The van der Waals surface area contributed by atoms with Gasteiger partial charge in [0.15, 0.2) is 0 Å². The lowest BCUT2D eigenvalue weighted by Crippen LogP contribution is -2.57. The van der Waals surface area contributed by atoms with Gasteiger partial charge in [0.25, 0.3) is 0 Å². The highest BCUT2D eigenvalue weighted by Crippen LogP contribution is 2.27. The summed E-state index contributed by atoms with van der Waals surface area (Å²) >= 11 is 0. The number of benzene rings is 2. The fourth-order valence-corrected chi connectivity index (χ4v) is 4.96. The number of carboxylic acids is 1. The number of nitrogens with one attached hydrogen (secondary N) is 3. The maximum absolute atomic E-state index is 13.6. The molecule has 3 amide bonds. The van der Waals surface area contributed by atoms with Crippen molar-refractivity contribution in [2.45, 2.75) is 57.7 Å². The van der Waals surface area contributed by atoms with Gasteiger partial charge in [0.2, 0.25) is 17.7 Å². The number of hydrogen-bond donors (Lipinski definition) is 4. The van der Waals surface area contributed by atoms with E-state index in [0.717, 1.165) is 29.8 Å². The summed E-state index contributed by atoms with van der Waals surface area (Å²) in [5.41, 5.74) is 3.58. The van der Waals surface area contributed by atoms with Gasteiger partial charge in [0.05, 0.1) is 0 Å². The van der Waals surface area contributed by atoms with Gasteiger partial charge in [-0.25, -0.2) is 0 Å². The van der Waals surface area contributed by atoms with Crippen molar-refractivity contribution >= 4 is 29.4 Å². The summed E-state index contributed by atoms with van der Waals surface area (Å²) in [5.74, 6) is -2.22. The number of piperidine rings is 1. The molecule has 2 heterocycles. The molecule has 0 radical (unpaired) electrons. The van der Waals surface area contributed by atoms with Gasteiger partial charge in [0, 0.05) is 31.0 Å². The van der Waals surface area contributed by atoms with Crippen molar-refractivity contribution in [3.63, 3.8) is 0 Å². The second-order valence-corrected chi connectivity index (χ2v) is 9.83. The molecule has 0 aliphatic carbocycles. The molecule has 2 aromatic rings. The van der Waals surface area contributed by atoms with Crippen LogP contribution in [-0.2, 0) is 32.1 Å². The predicted molar refractivity (Wildman–Crippen MR) is 139 cm³/mol. The predicted octanol–water partition coefficient (Wildman–Crippen LogP) is 2.24. The van der Waals surface area contributed by atoms with Crippen molar-refractivity contribution in [1.29, 1.82) is 0 Å². The summed E-state index contributed by atoms with van der Waals surface area (Å²) in [5, 5.41) is 18.0. The van der Waals surface area contributed by atoms with E-state index >= 15 is 0 Å². The molecule has 0 saturated carbocycles. The van der Waals surface area contributed by atoms with Gasteiger partial charge in [-0.05, 0) is 62.5 Å². The van der Waals surface area contributed by atoms with Gasteiger partial charge in [-0.2, -0.15) is 0 Å². The maximum Gasteiger partial charge on any atom is 0.303 e. The maximum atomic E-state index is 13.6. The Bertz CT molecular complexity index is 1140. The Hall–Kier alpha value is -3.72. The summed E-state index contributed by atoms with van der Waals surface area (Å²) in [6.45, 7) is 3.77. The number of aliphatic carboxylic acids is 1. The standard InChI is InChI=1S/C28H34N4O5/c1-18-6-8-22(9-7-18)30-26(35)23(10-11-25(33)34)31-27(36)24-16-20-4-2-3-5-21(20)17-32(24)28(37)19-12-14-29-15-13-19/h2-9,19,23-24,29H,10-17H2,1H3,(H,30,35)(H,31,36)(H,33,34)/t23-,24-/m1/s1. The van der Waals surface area contributed by atoms with Gasteiger partial charge in [-0.15, -0.1) is 0 Å². The Morgan fingerprint density at radius 3 is 2.38 bits per heavy atom. The molecule has 0 bridgehead atoms. The molecule has 1 fully saturated rings. The smallest absolute Gasteiger partial charge is 0.303 e. The molecule has 4 rings (SSSR count). The Kier molecular flexibility index (Phi) is 8.55. The fraction of sp³-hybridized carbons (Fsp3) is 0.429. The van der Waals surface area contributed by atoms with Gasteiger partial charge in [-0.1, -0.05) is 42.0 Å². The van der Waals surface area contributed by atoms with E-state index in [2.05, 4.69) is 16.0 Å². The summed E-state index contributed by atoms with van der Waals surface area (Å²) in [6.07, 6.45) is 1.42. The van der Waals surface area contributed by atoms with Crippen LogP contribution in [0.3, 0.4) is 0 Å². The highest BCUT2D eigenvalue weighted by Gasteiger charge is 2.38. The lowest BCUT2D eigenvalue weighted by molar-refractivity contribution is -0.146. The lowest BCUT2D eigenvalue weighted by atomic mass is 9.89. The largest absolute Gasteiger partial charge is 0.481 e. The second kappa shape index (κ2) is 12.0. The van der Waals surface area contributed by atoms with Crippen molar-refractivity contribution < 1.29 is 24.3 Å². The van der Waals surface area contributed by atoms with Gasteiger partial charge in [0.1, 0.15) is 12.1 Å². The van der Waals surface area contributed by atoms with Crippen LogP contribution in [0.15, 0.2) is 48.5 Å². The molecule has 1 saturated heterocycles. The first-order valence-corrected chi connectivity index (χ1v) is 12.8. The molecule has 0 unspecified atom stereocenters. The SMILES string of the molecule is Cc1ccc(NC(=O)[C@@H](CCC(=O)O)NC(=O)[C@H]2Cc3ccccc3CN2C(=O)C2CCNCC2)cc1. The van der Waals surface area contributed by atoms with E-state index in [1.807, 2.05) is 43.3 Å². The third-order valence-electron chi connectivity index (χ3n) is 7.12. The van der Waals surface area contributed by atoms with Gasteiger partial charge < -0.3 is 26.0 Å². The van der Waals surface area contributed by atoms with Crippen LogP contribution in [-0.4, -0.2) is 58.9 Å².